The number of nitrogens with zero attached hydrogens (tertiary/aromatic N) is 1. The van der Waals surface area contributed by atoms with Crippen molar-refractivity contribution in [2.24, 2.45) is 5.73 Å². The predicted molar refractivity (Wildman–Crippen MR) is 50.9 cm³/mol. The first kappa shape index (κ1) is 8.86. The lowest BCUT2D eigenvalue weighted by Gasteiger charge is -2.48. The molecule has 0 amide bonds. The number of morpholine rings is 1. The van der Waals surface area contributed by atoms with Gasteiger partial charge in [0.25, 0.3) is 0 Å². The predicted octanol–water partition coefficient (Wildman–Crippen LogP) is 0.161. The Morgan fingerprint density at radius 2 is 2.31 bits per heavy atom. The van der Waals surface area contributed by atoms with Gasteiger partial charge in [0.1, 0.15) is 0 Å². The molecule has 1 spiro atoms. The maximum atomic E-state index is 5.79. The van der Waals surface area contributed by atoms with Crippen LogP contribution in [0.3, 0.4) is 0 Å². The van der Waals surface area contributed by atoms with E-state index in [1.807, 2.05) is 0 Å². The van der Waals surface area contributed by atoms with E-state index in [0.29, 0.717) is 0 Å². The minimum atomic E-state index is 0.189. The van der Waals surface area contributed by atoms with E-state index >= 15 is 0 Å². The van der Waals surface area contributed by atoms with Crippen LogP contribution in [0.2, 0.25) is 0 Å². The topological polar surface area (TPSA) is 38.5 Å². The number of hydrogen-bond donors (Lipinski definition) is 1. The summed E-state index contributed by atoms with van der Waals surface area (Å²) in [6.45, 7) is 3.69. The van der Waals surface area contributed by atoms with Crippen LogP contribution in [0.4, 0.5) is 0 Å². The summed E-state index contributed by atoms with van der Waals surface area (Å²) in [6, 6.07) is 2.45. The van der Waals surface area contributed by atoms with Crippen LogP contribution in [0.5, 0.6) is 0 Å². The molecule has 2 N–H and O–H groups in total. The van der Waals surface area contributed by atoms with E-state index in [2.05, 4.69) is 16.9 Å². The van der Waals surface area contributed by atoms with Crippen LogP contribution in [-0.4, -0.2) is 36.7 Å². The van der Waals surface area contributed by atoms with Gasteiger partial charge in [-0.2, -0.15) is 0 Å². The Hall–Kier alpha value is -0.720. The molecule has 3 heteroatoms. The molecule has 0 bridgehead atoms. The molecule has 2 fully saturated rings. The summed E-state index contributed by atoms with van der Waals surface area (Å²) >= 11 is 0. The molecule has 2 rings (SSSR count). The van der Waals surface area contributed by atoms with Gasteiger partial charge in [0.15, 0.2) is 0 Å². The fourth-order valence-corrected chi connectivity index (χ4v) is 2.09. The third-order valence-electron chi connectivity index (χ3n) is 3.00. The molecule has 0 radical (unpaired) electrons. The standard InChI is InChI=1S/C10H16N2O/c11-5-2-6-12-7-8-13-10(9-12)3-1-4-10/h1,3-4,6-9,11H2. The van der Waals surface area contributed by atoms with Crippen LogP contribution in [-0.2, 0) is 4.74 Å². The van der Waals surface area contributed by atoms with E-state index < -0.39 is 0 Å². The Labute approximate surface area is 79.2 Å². The van der Waals surface area contributed by atoms with Crippen molar-refractivity contribution >= 4 is 0 Å². The van der Waals surface area contributed by atoms with E-state index in [9.17, 15) is 0 Å². The van der Waals surface area contributed by atoms with Gasteiger partial charge in [-0.15, -0.1) is 0 Å². The average molecular weight is 180 g/mol. The maximum absolute atomic E-state index is 5.79. The Morgan fingerprint density at radius 1 is 1.46 bits per heavy atom. The molecule has 72 valence electrons. The fraction of sp³-hybridized carbons (Fsp3) is 0.800. The van der Waals surface area contributed by atoms with Gasteiger partial charge in [-0.1, -0.05) is 5.92 Å². The lowest BCUT2D eigenvalue weighted by molar-refractivity contribution is -0.148. The Balaban J connectivity index is 1.87. The minimum absolute atomic E-state index is 0.189. The Kier molecular flexibility index (Phi) is 2.43. The lowest BCUT2D eigenvalue weighted by Crippen LogP contribution is -2.55. The van der Waals surface area contributed by atoms with Crippen LogP contribution >= 0.6 is 0 Å². The largest absolute Gasteiger partial charge is 0.372 e. The second-order valence-electron chi connectivity index (χ2n) is 3.92. The van der Waals surface area contributed by atoms with E-state index in [1.54, 1.807) is 0 Å². The quantitative estimate of drug-likeness (QED) is 0.461. The Morgan fingerprint density at radius 3 is 2.92 bits per heavy atom. The van der Waals surface area contributed by atoms with Gasteiger partial charge in [0.05, 0.1) is 18.8 Å². The van der Waals surface area contributed by atoms with Gasteiger partial charge in [0, 0.05) is 19.1 Å². The van der Waals surface area contributed by atoms with Crippen molar-refractivity contribution < 1.29 is 4.74 Å². The van der Waals surface area contributed by atoms with E-state index in [4.69, 9.17) is 10.5 Å². The summed E-state index contributed by atoms with van der Waals surface area (Å²) < 4.78 is 5.79. The molecule has 0 atom stereocenters. The molecule has 0 aromatic heterocycles. The molecular weight excluding hydrogens is 164 g/mol. The fourth-order valence-electron chi connectivity index (χ4n) is 2.09. The smallest absolute Gasteiger partial charge is 0.0809 e. The summed E-state index contributed by atoms with van der Waals surface area (Å²) in [5.74, 6) is 2.90. The Bertz CT molecular complexity index is 237. The van der Waals surface area contributed by atoms with E-state index in [-0.39, 0.29) is 5.60 Å². The SMILES string of the molecule is NC#CCN1CCOC2(CCC2)C1. The molecule has 1 aliphatic carbocycles. The third kappa shape index (κ3) is 1.79. The zero-order valence-corrected chi connectivity index (χ0v) is 7.88. The average Bonchev–Trinajstić information content (AvgIpc) is 2.13. The molecule has 1 saturated heterocycles. The van der Waals surface area contributed by atoms with Crippen LogP contribution < -0.4 is 5.73 Å². The van der Waals surface area contributed by atoms with Gasteiger partial charge >= 0.3 is 0 Å². The maximum Gasteiger partial charge on any atom is 0.0809 e. The summed E-state index contributed by atoms with van der Waals surface area (Å²) in [5.41, 5.74) is 5.33. The van der Waals surface area contributed by atoms with E-state index in [1.165, 1.54) is 19.3 Å². The summed E-state index contributed by atoms with van der Waals surface area (Å²) in [5, 5.41) is 0. The first-order valence-corrected chi connectivity index (χ1v) is 4.89. The second-order valence-corrected chi connectivity index (χ2v) is 3.92. The van der Waals surface area contributed by atoms with Crippen LogP contribution in [0, 0.1) is 12.0 Å². The highest BCUT2D eigenvalue weighted by atomic mass is 16.5. The molecule has 1 aliphatic heterocycles. The van der Waals surface area contributed by atoms with Gasteiger partial charge in [0.2, 0.25) is 0 Å². The number of nitrogens with two attached hydrogens (primary N) is 1. The number of ether oxygens (including phenoxy) is 1. The molecular formula is C10H16N2O. The highest BCUT2D eigenvalue weighted by molar-refractivity contribution is 5.01. The highest BCUT2D eigenvalue weighted by Crippen LogP contribution is 2.37. The first-order valence-electron chi connectivity index (χ1n) is 4.89. The van der Waals surface area contributed by atoms with Crippen molar-refractivity contribution in [2.45, 2.75) is 24.9 Å². The van der Waals surface area contributed by atoms with Crippen molar-refractivity contribution in [1.29, 1.82) is 0 Å². The molecule has 0 unspecified atom stereocenters. The number of hydrogen-bond acceptors (Lipinski definition) is 3. The lowest BCUT2D eigenvalue weighted by atomic mass is 9.79. The van der Waals surface area contributed by atoms with Crippen LogP contribution in [0.25, 0.3) is 0 Å². The molecule has 3 nitrogen and oxygen atoms in total. The molecule has 0 aromatic carbocycles. The zero-order chi connectivity index (χ0) is 9.15. The van der Waals surface area contributed by atoms with Gasteiger partial charge in [-0.25, -0.2) is 0 Å². The molecule has 1 saturated carbocycles. The van der Waals surface area contributed by atoms with Crippen molar-refractivity contribution in [2.75, 3.05) is 26.2 Å². The highest BCUT2D eigenvalue weighted by Gasteiger charge is 2.41. The van der Waals surface area contributed by atoms with Crippen molar-refractivity contribution in [3.05, 3.63) is 0 Å². The van der Waals surface area contributed by atoms with Crippen molar-refractivity contribution in [1.82, 2.24) is 4.90 Å². The third-order valence-corrected chi connectivity index (χ3v) is 3.00. The normalized spacial score (nSPS) is 26.2. The summed E-state index contributed by atoms with van der Waals surface area (Å²) in [4.78, 5) is 2.34. The van der Waals surface area contributed by atoms with Gasteiger partial charge < -0.3 is 10.5 Å². The second kappa shape index (κ2) is 3.57. The van der Waals surface area contributed by atoms with E-state index in [0.717, 1.165) is 26.2 Å². The van der Waals surface area contributed by atoms with Crippen LogP contribution in [0.15, 0.2) is 0 Å². The molecule has 0 aromatic rings. The monoisotopic (exact) mass is 180 g/mol. The van der Waals surface area contributed by atoms with Gasteiger partial charge in [-0.3, -0.25) is 4.90 Å². The molecule has 1 heterocycles. The van der Waals surface area contributed by atoms with Gasteiger partial charge in [-0.05, 0) is 19.3 Å². The minimum Gasteiger partial charge on any atom is -0.372 e. The molecule has 2 aliphatic rings. The zero-order valence-electron chi connectivity index (χ0n) is 7.88. The molecule has 13 heavy (non-hydrogen) atoms. The van der Waals surface area contributed by atoms with Crippen molar-refractivity contribution in [3.63, 3.8) is 0 Å². The first-order chi connectivity index (χ1) is 6.35. The summed E-state index contributed by atoms with van der Waals surface area (Å²) in [7, 11) is 0. The van der Waals surface area contributed by atoms with Crippen molar-refractivity contribution in [3.8, 4) is 12.0 Å². The van der Waals surface area contributed by atoms with Crippen LogP contribution in [0.1, 0.15) is 19.3 Å². The number of rotatable bonds is 1. The summed E-state index contributed by atoms with van der Waals surface area (Å²) in [6.07, 6.45) is 3.76.